The molecule has 0 aliphatic rings. The Kier molecular flexibility index (Phi) is 6.49. The third-order valence-corrected chi connectivity index (χ3v) is 4.09. The van der Waals surface area contributed by atoms with Crippen molar-refractivity contribution in [1.29, 1.82) is 0 Å². The van der Waals surface area contributed by atoms with Crippen LogP contribution in [0.25, 0.3) is 0 Å². The average Bonchev–Trinajstić information content (AvgIpc) is 2.59. The number of rotatable bonds is 6. The number of hydrogen-bond acceptors (Lipinski definition) is 3. The molecule has 6 heteroatoms. The summed E-state index contributed by atoms with van der Waals surface area (Å²) in [6.45, 7) is 2.35. The first-order chi connectivity index (χ1) is 11.5. The molecule has 24 heavy (non-hydrogen) atoms. The fourth-order valence-electron chi connectivity index (χ4n) is 2.33. The molecule has 0 radical (unpaired) electrons. The molecule has 0 bridgehead atoms. The van der Waals surface area contributed by atoms with Gasteiger partial charge in [-0.15, -0.1) is 0 Å². The zero-order valence-electron chi connectivity index (χ0n) is 13.9. The first kappa shape index (κ1) is 18.1. The fraction of sp³-hybridized carbons (Fsp3) is 0.278. The van der Waals surface area contributed by atoms with Crippen LogP contribution < -0.4 is 20.1 Å². The molecule has 2 amide bonds. The summed E-state index contributed by atoms with van der Waals surface area (Å²) < 4.78 is 11.6. The van der Waals surface area contributed by atoms with Crippen LogP contribution in [0.2, 0.25) is 0 Å². The number of halogens is 1. The van der Waals surface area contributed by atoms with Crippen molar-refractivity contribution in [3.05, 3.63) is 58.1 Å². The number of ether oxygens (including phenoxy) is 2. The molecule has 0 spiro atoms. The van der Waals surface area contributed by atoms with Crippen LogP contribution in [-0.2, 0) is 6.54 Å². The Morgan fingerprint density at radius 2 is 1.96 bits per heavy atom. The zero-order valence-corrected chi connectivity index (χ0v) is 15.5. The Morgan fingerprint density at radius 1 is 1.17 bits per heavy atom. The van der Waals surface area contributed by atoms with Gasteiger partial charge in [0, 0.05) is 16.6 Å². The van der Waals surface area contributed by atoms with E-state index in [2.05, 4.69) is 26.6 Å². The van der Waals surface area contributed by atoms with Crippen LogP contribution in [0.5, 0.6) is 11.5 Å². The predicted molar refractivity (Wildman–Crippen MR) is 97.5 cm³/mol. The van der Waals surface area contributed by atoms with Gasteiger partial charge >= 0.3 is 6.03 Å². The summed E-state index contributed by atoms with van der Waals surface area (Å²) >= 11 is 3.42. The van der Waals surface area contributed by atoms with E-state index in [1.165, 1.54) is 0 Å². The van der Waals surface area contributed by atoms with Crippen molar-refractivity contribution in [2.45, 2.75) is 19.5 Å². The molecule has 5 nitrogen and oxygen atoms in total. The van der Waals surface area contributed by atoms with E-state index in [0.29, 0.717) is 18.0 Å². The second-order valence-electron chi connectivity index (χ2n) is 5.29. The minimum absolute atomic E-state index is 0.224. The highest BCUT2D eigenvalue weighted by atomic mass is 79.9. The maximum Gasteiger partial charge on any atom is 0.315 e. The van der Waals surface area contributed by atoms with Crippen LogP contribution >= 0.6 is 15.9 Å². The van der Waals surface area contributed by atoms with E-state index in [1.807, 2.05) is 49.4 Å². The summed E-state index contributed by atoms with van der Waals surface area (Å²) in [7, 11) is 3.21. The third kappa shape index (κ3) is 4.89. The van der Waals surface area contributed by atoms with Crippen molar-refractivity contribution >= 4 is 22.0 Å². The van der Waals surface area contributed by atoms with E-state index in [4.69, 9.17) is 9.47 Å². The minimum Gasteiger partial charge on any atom is -0.497 e. The van der Waals surface area contributed by atoms with Crippen LogP contribution in [0, 0.1) is 0 Å². The highest BCUT2D eigenvalue weighted by molar-refractivity contribution is 9.10. The Bertz CT molecular complexity index is 706. The second kappa shape index (κ2) is 8.59. The number of amides is 2. The maximum absolute atomic E-state index is 12.1. The van der Waals surface area contributed by atoms with Crippen LogP contribution in [0.15, 0.2) is 46.9 Å². The van der Waals surface area contributed by atoms with E-state index < -0.39 is 0 Å². The van der Waals surface area contributed by atoms with E-state index in [9.17, 15) is 4.79 Å². The molecule has 128 valence electrons. The average molecular weight is 393 g/mol. The van der Waals surface area contributed by atoms with Crippen molar-refractivity contribution < 1.29 is 14.3 Å². The van der Waals surface area contributed by atoms with Gasteiger partial charge < -0.3 is 20.1 Å². The Balaban J connectivity index is 1.98. The predicted octanol–water partition coefficient (Wildman–Crippen LogP) is 4.03. The second-order valence-corrected chi connectivity index (χ2v) is 6.20. The lowest BCUT2D eigenvalue weighted by Crippen LogP contribution is -2.36. The lowest BCUT2D eigenvalue weighted by Gasteiger charge is -2.18. The summed E-state index contributed by atoms with van der Waals surface area (Å²) in [5, 5.41) is 5.76. The highest BCUT2D eigenvalue weighted by Crippen LogP contribution is 2.29. The molecule has 2 aromatic carbocycles. The van der Waals surface area contributed by atoms with Crippen LogP contribution in [-0.4, -0.2) is 20.3 Å². The number of hydrogen-bond donors (Lipinski definition) is 2. The molecule has 0 fully saturated rings. The van der Waals surface area contributed by atoms with Gasteiger partial charge in [-0.25, -0.2) is 4.79 Å². The molecule has 0 aromatic heterocycles. The SMILES string of the molecule is COc1ccc(OC)c(C(C)NC(=O)NCc2cccc(Br)c2)c1. The van der Waals surface area contributed by atoms with Crippen molar-refractivity contribution in [2.75, 3.05) is 14.2 Å². The van der Waals surface area contributed by atoms with E-state index >= 15 is 0 Å². The van der Waals surface area contributed by atoms with Crippen LogP contribution in [0.3, 0.4) is 0 Å². The van der Waals surface area contributed by atoms with Gasteiger partial charge in [0.2, 0.25) is 0 Å². The maximum atomic E-state index is 12.1. The lowest BCUT2D eigenvalue weighted by atomic mass is 10.1. The van der Waals surface area contributed by atoms with Gasteiger partial charge in [0.15, 0.2) is 0 Å². The number of nitrogens with one attached hydrogen (secondary N) is 2. The molecule has 1 atom stereocenters. The van der Waals surface area contributed by atoms with Crippen LogP contribution in [0.4, 0.5) is 4.79 Å². The topological polar surface area (TPSA) is 59.6 Å². The van der Waals surface area contributed by atoms with Gasteiger partial charge in [-0.3, -0.25) is 0 Å². The largest absolute Gasteiger partial charge is 0.497 e. The lowest BCUT2D eigenvalue weighted by molar-refractivity contribution is 0.237. The highest BCUT2D eigenvalue weighted by Gasteiger charge is 2.15. The molecule has 0 saturated heterocycles. The van der Waals surface area contributed by atoms with Gasteiger partial charge in [-0.1, -0.05) is 28.1 Å². The minimum atomic E-state index is -0.243. The summed E-state index contributed by atoms with van der Waals surface area (Å²) in [5.41, 5.74) is 1.88. The van der Waals surface area contributed by atoms with Crippen molar-refractivity contribution in [3.8, 4) is 11.5 Å². The normalized spacial score (nSPS) is 11.5. The third-order valence-electron chi connectivity index (χ3n) is 3.59. The molecule has 0 aliphatic heterocycles. The molecular weight excluding hydrogens is 372 g/mol. The summed E-state index contributed by atoms with van der Waals surface area (Å²) in [6.07, 6.45) is 0. The van der Waals surface area contributed by atoms with Gasteiger partial charge in [0.05, 0.1) is 20.3 Å². The van der Waals surface area contributed by atoms with Crippen molar-refractivity contribution in [1.82, 2.24) is 10.6 Å². The smallest absolute Gasteiger partial charge is 0.315 e. The molecule has 2 aromatic rings. The van der Waals surface area contributed by atoms with Crippen molar-refractivity contribution in [3.63, 3.8) is 0 Å². The fourth-order valence-corrected chi connectivity index (χ4v) is 2.78. The van der Waals surface area contributed by atoms with E-state index in [-0.39, 0.29) is 12.1 Å². The Hall–Kier alpha value is -2.21. The molecule has 2 rings (SSSR count). The molecular formula is C18H21BrN2O3. The van der Waals surface area contributed by atoms with Gasteiger partial charge in [0.1, 0.15) is 11.5 Å². The van der Waals surface area contributed by atoms with Gasteiger partial charge in [-0.2, -0.15) is 0 Å². The first-order valence-corrected chi connectivity index (χ1v) is 8.33. The van der Waals surface area contributed by atoms with E-state index in [1.54, 1.807) is 14.2 Å². The number of benzene rings is 2. The Morgan fingerprint density at radius 3 is 2.62 bits per heavy atom. The number of urea groups is 1. The first-order valence-electron chi connectivity index (χ1n) is 7.54. The van der Waals surface area contributed by atoms with Crippen LogP contribution in [0.1, 0.15) is 24.1 Å². The van der Waals surface area contributed by atoms with E-state index in [0.717, 1.165) is 15.6 Å². The number of methoxy groups -OCH3 is 2. The summed E-state index contributed by atoms with van der Waals surface area (Å²) in [4.78, 5) is 12.1. The molecule has 0 heterocycles. The summed E-state index contributed by atoms with van der Waals surface area (Å²) in [6, 6.07) is 12.8. The number of carbonyl (C=O) groups is 1. The molecule has 1 unspecified atom stereocenters. The zero-order chi connectivity index (χ0) is 17.5. The van der Waals surface area contributed by atoms with Gasteiger partial charge in [-0.05, 0) is 42.8 Å². The molecule has 0 saturated carbocycles. The van der Waals surface area contributed by atoms with Gasteiger partial charge in [0.25, 0.3) is 0 Å². The monoisotopic (exact) mass is 392 g/mol. The summed E-state index contributed by atoms with van der Waals surface area (Å²) in [5.74, 6) is 1.42. The Labute approximate surface area is 150 Å². The number of carbonyl (C=O) groups excluding carboxylic acids is 1. The standard InChI is InChI=1S/C18H21BrN2O3/c1-12(16-10-15(23-2)7-8-17(16)24-3)21-18(22)20-11-13-5-4-6-14(19)9-13/h4-10,12H,11H2,1-3H3,(H2,20,21,22). The molecule has 2 N–H and O–H groups in total. The molecule has 0 aliphatic carbocycles. The quantitative estimate of drug-likeness (QED) is 0.779. The van der Waals surface area contributed by atoms with Crippen molar-refractivity contribution in [2.24, 2.45) is 0 Å².